The van der Waals surface area contributed by atoms with Crippen LogP contribution in [-0.2, 0) is 6.42 Å². The first kappa shape index (κ1) is 16.5. The third-order valence-corrected chi connectivity index (χ3v) is 4.57. The largest absolute Gasteiger partial charge is 0.477 e. The Morgan fingerprint density at radius 1 is 1.33 bits per heavy atom. The molecule has 0 saturated carbocycles. The molecule has 0 fully saturated rings. The molecule has 27 heavy (non-hydrogen) atoms. The predicted octanol–water partition coefficient (Wildman–Crippen LogP) is 1.30. The number of fused-ring (bicyclic) bond motifs is 2. The van der Waals surface area contributed by atoms with Crippen molar-refractivity contribution < 1.29 is 14.7 Å². The van der Waals surface area contributed by atoms with Crippen LogP contribution in [0.15, 0.2) is 30.5 Å². The fourth-order valence-electron chi connectivity index (χ4n) is 3.33. The zero-order chi connectivity index (χ0) is 19.1. The van der Waals surface area contributed by atoms with Crippen LogP contribution in [0.2, 0.25) is 0 Å². The first-order valence-corrected chi connectivity index (χ1v) is 8.19. The number of nitrogens with one attached hydrogen (secondary N) is 1. The Morgan fingerprint density at radius 2 is 2.15 bits per heavy atom. The minimum atomic E-state index is -1.22. The van der Waals surface area contributed by atoms with Gasteiger partial charge in [-0.3, -0.25) is 9.20 Å². The summed E-state index contributed by atoms with van der Waals surface area (Å²) in [5.74, 6) is -1.56. The third-order valence-electron chi connectivity index (χ3n) is 4.57. The standard InChI is InChI=1S/C18H14N6O3/c19-7-9-1-3-11-10(5-9)2-4-12(11)21-16(25)13-6-14(17(26)27)24-8-15(20)23-18(24)22-13/h1,3,5-6,8,12H,2,4,20H2,(H,21,25)(H,26,27)/t12-/m0/s1. The van der Waals surface area contributed by atoms with Crippen molar-refractivity contribution >= 4 is 23.5 Å². The first-order valence-electron chi connectivity index (χ1n) is 8.19. The average Bonchev–Trinajstić information content (AvgIpc) is 3.22. The summed E-state index contributed by atoms with van der Waals surface area (Å²) in [5, 5.41) is 21.3. The fourth-order valence-corrected chi connectivity index (χ4v) is 3.33. The number of carboxylic acids is 1. The van der Waals surface area contributed by atoms with E-state index in [9.17, 15) is 14.7 Å². The summed E-state index contributed by atoms with van der Waals surface area (Å²) in [4.78, 5) is 32.2. The number of carboxylic acid groups (broad SMARTS) is 1. The number of amides is 1. The van der Waals surface area contributed by atoms with E-state index in [1.165, 1.54) is 16.7 Å². The van der Waals surface area contributed by atoms with Gasteiger partial charge in [-0.05, 0) is 36.1 Å². The van der Waals surface area contributed by atoms with E-state index in [-0.39, 0.29) is 29.0 Å². The van der Waals surface area contributed by atoms with Crippen LogP contribution in [0.4, 0.5) is 5.82 Å². The van der Waals surface area contributed by atoms with E-state index in [4.69, 9.17) is 11.0 Å². The zero-order valence-electron chi connectivity index (χ0n) is 14.0. The SMILES string of the molecule is N#Cc1ccc2c(c1)CC[C@@H]2NC(=O)c1cc(C(=O)O)n2cc(N)nc2n1. The van der Waals surface area contributed by atoms with Gasteiger partial charge in [0.25, 0.3) is 5.91 Å². The number of rotatable bonds is 3. The molecule has 1 atom stereocenters. The molecule has 134 valence electrons. The van der Waals surface area contributed by atoms with Gasteiger partial charge in [-0.1, -0.05) is 6.07 Å². The lowest BCUT2D eigenvalue weighted by Gasteiger charge is -2.14. The Balaban J connectivity index is 1.65. The molecular weight excluding hydrogens is 348 g/mol. The molecule has 1 aliphatic carbocycles. The molecule has 0 radical (unpaired) electrons. The van der Waals surface area contributed by atoms with E-state index in [2.05, 4.69) is 21.4 Å². The molecule has 1 aromatic carbocycles. The van der Waals surface area contributed by atoms with Gasteiger partial charge in [-0.25, -0.2) is 9.78 Å². The number of imidazole rings is 1. The van der Waals surface area contributed by atoms with Crippen LogP contribution in [0.1, 0.15) is 50.1 Å². The summed E-state index contributed by atoms with van der Waals surface area (Å²) in [6, 6.07) is 8.44. The van der Waals surface area contributed by atoms with Crippen LogP contribution in [-0.4, -0.2) is 31.4 Å². The second-order valence-corrected chi connectivity index (χ2v) is 6.26. The molecule has 0 unspecified atom stereocenters. The maximum absolute atomic E-state index is 12.7. The number of anilines is 1. The van der Waals surface area contributed by atoms with Crippen LogP contribution in [0.3, 0.4) is 0 Å². The average molecular weight is 362 g/mol. The Hall–Kier alpha value is -3.93. The third kappa shape index (κ3) is 2.83. The summed E-state index contributed by atoms with van der Waals surface area (Å²) in [5.41, 5.74) is 7.96. The summed E-state index contributed by atoms with van der Waals surface area (Å²) >= 11 is 0. The second kappa shape index (κ2) is 6.10. The minimum Gasteiger partial charge on any atom is -0.477 e. The van der Waals surface area contributed by atoms with Crippen molar-refractivity contribution in [2.75, 3.05) is 5.73 Å². The van der Waals surface area contributed by atoms with E-state index < -0.39 is 11.9 Å². The number of carbonyl (C=O) groups is 2. The van der Waals surface area contributed by atoms with Crippen LogP contribution >= 0.6 is 0 Å². The number of aromatic carboxylic acids is 1. The zero-order valence-corrected chi connectivity index (χ0v) is 14.0. The highest BCUT2D eigenvalue weighted by Gasteiger charge is 2.26. The highest BCUT2D eigenvalue weighted by atomic mass is 16.4. The van der Waals surface area contributed by atoms with E-state index in [1.807, 2.05) is 12.1 Å². The smallest absolute Gasteiger partial charge is 0.353 e. The number of nitrogen functional groups attached to an aromatic ring is 1. The monoisotopic (exact) mass is 362 g/mol. The Labute approximate surface area is 153 Å². The number of hydrogen-bond donors (Lipinski definition) is 3. The molecule has 0 spiro atoms. The Kier molecular flexibility index (Phi) is 3.74. The molecule has 2 heterocycles. The van der Waals surface area contributed by atoms with E-state index >= 15 is 0 Å². The normalized spacial score (nSPS) is 15.3. The Bertz CT molecular complexity index is 1140. The predicted molar refractivity (Wildman–Crippen MR) is 94.0 cm³/mol. The van der Waals surface area contributed by atoms with Crippen LogP contribution in [0, 0.1) is 11.3 Å². The summed E-state index contributed by atoms with van der Waals surface area (Å²) in [7, 11) is 0. The summed E-state index contributed by atoms with van der Waals surface area (Å²) in [6.45, 7) is 0. The number of nitrogens with two attached hydrogens (primary N) is 1. The topological polar surface area (TPSA) is 146 Å². The molecule has 3 aromatic rings. The van der Waals surface area contributed by atoms with Crippen LogP contribution in [0.25, 0.3) is 5.78 Å². The van der Waals surface area contributed by atoms with Gasteiger partial charge >= 0.3 is 5.97 Å². The molecule has 0 bridgehead atoms. The summed E-state index contributed by atoms with van der Waals surface area (Å²) < 4.78 is 1.22. The molecule has 9 heteroatoms. The fraction of sp³-hybridized carbons (Fsp3) is 0.167. The quantitative estimate of drug-likeness (QED) is 0.636. The Morgan fingerprint density at radius 3 is 2.89 bits per heavy atom. The van der Waals surface area contributed by atoms with Crippen molar-refractivity contribution in [2.45, 2.75) is 18.9 Å². The van der Waals surface area contributed by atoms with E-state index in [1.54, 1.807) is 6.07 Å². The van der Waals surface area contributed by atoms with Crippen LogP contribution in [0.5, 0.6) is 0 Å². The maximum Gasteiger partial charge on any atom is 0.353 e. The lowest BCUT2D eigenvalue weighted by molar-refractivity contribution is 0.0688. The highest BCUT2D eigenvalue weighted by Crippen LogP contribution is 2.31. The van der Waals surface area contributed by atoms with Crippen molar-refractivity contribution in [3.8, 4) is 6.07 Å². The number of carbonyl (C=O) groups excluding carboxylic acids is 1. The molecule has 1 amide bonds. The van der Waals surface area contributed by atoms with E-state index in [0.29, 0.717) is 12.0 Å². The van der Waals surface area contributed by atoms with Gasteiger partial charge < -0.3 is 16.2 Å². The maximum atomic E-state index is 12.7. The molecule has 0 aliphatic heterocycles. The number of aromatic nitrogens is 3. The number of nitriles is 1. The van der Waals surface area contributed by atoms with Crippen molar-refractivity contribution in [3.63, 3.8) is 0 Å². The highest BCUT2D eigenvalue weighted by molar-refractivity contribution is 5.96. The molecule has 0 saturated heterocycles. The molecule has 1 aliphatic rings. The lowest BCUT2D eigenvalue weighted by atomic mass is 10.1. The molecular formula is C18H14N6O3. The van der Waals surface area contributed by atoms with Crippen molar-refractivity contribution in [1.29, 1.82) is 5.26 Å². The number of hydrogen-bond acceptors (Lipinski definition) is 6. The molecule has 4 rings (SSSR count). The molecule has 2 aromatic heterocycles. The number of benzene rings is 1. The number of nitrogens with zero attached hydrogens (tertiary/aromatic N) is 4. The molecule has 9 nitrogen and oxygen atoms in total. The van der Waals surface area contributed by atoms with Gasteiger partial charge in [0.2, 0.25) is 5.78 Å². The van der Waals surface area contributed by atoms with Crippen molar-refractivity contribution in [2.24, 2.45) is 0 Å². The van der Waals surface area contributed by atoms with E-state index in [0.717, 1.165) is 17.5 Å². The van der Waals surface area contributed by atoms with Gasteiger partial charge in [-0.15, -0.1) is 0 Å². The van der Waals surface area contributed by atoms with Crippen molar-refractivity contribution in [1.82, 2.24) is 19.7 Å². The number of aryl methyl sites for hydroxylation is 1. The summed E-state index contributed by atoms with van der Waals surface area (Å²) in [6.07, 6.45) is 2.78. The minimum absolute atomic E-state index is 0.0445. The van der Waals surface area contributed by atoms with Crippen LogP contribution < -0.4 is 11.1 Å². The molecule has 4 N–H and O–H groups in total. The first-order chi connectivity index (χ1) is 13.0. The van der Waals surface area contributed by atoms with Gasteiger partial charge in [0.05, 0.1) is 23.9 Å². The van der Waals surface area contributed by atoms with Gasteiger partial charge in [0.1, 0.15) is 17.2 Å². The lowest BCUT2D eigenvalue weighted by Crippen LogP contribution is -2.28. The van der Waals surface area contributed by atoms with Gasteiger partial charge in [0, 0.05) is 6.07 Å². The second-order valence-electron chi connectivity index (χ2n) is 6.26. The van der Waals surface area contributed by atoms with Gasteiger partial charge in [-0.2, -0.15) is 10.2 Å². The van der Waals surface area contributed by atoms with Crippen molar-refractivity contribution in [3.05, 3.63) is 58.5 Å². The van der Waals surface area contributed by atoms with Gasteiger partial charge in [0.15, 0.2) is 0 Å².